The van der Waals surface area contributed by atoms with Crippen LogP contribution in [0.1, 0.15) is 46.0 Å². The molecule has 0 aromatic rings. The van der Waals surface area contributed by atoms with Crippen molar-refractivity contribution in [3.05, 3.63) is 0 Å². The van der Waals surface area contributed by atoms with Gasteiger partial charge < -0.3 is 5.32 Å². The molecule has 70 valence electrons. The highest BCUT2D eigenvalue weighted by molar-refractivity contribution is 4.89. The van der Waals surface area contributed by atoms with Gasteiger partial charge in [-0.25, -0.2) is 0 Å². The topological polar surface area (TPSA) is 12.0 Å². The Morgan fingerprint density at radius 1 is 1.08 bits per heavy atom. The van der Waals surface area contributed by atoms with Crippen LogP contribution in [-0.2, 0) is 0 Å². The van der Waals surface area contributed by atoms with Crippen molar-refractivity contribution in [1.29, 1.82) is 0 Å². The van der Waals surface area contributed by atoms with Crippen LogP contribution in [-0.4, -0.2) is 12.1 Å². The molecule has 2 fully saturated rings. The Labute approximate surface area is 75.9 Å². The SMILES string of the molecule is CC(C)C1CC2CCC[C@H](C1)N2. The molecule has 0 aromatic carbocycles. The summed E-state index contributed by atoms with van der Waals surface area (Å²) in [6, 6.07) is 1.73. The highest BCUT2D eigenvalue weighted by Crippen LogP contribution is 2.33. The van der Waals surface area contributed by atoms with E-state index in [1.54, 1.807) is 0 Å². The summed E-state index contributed by atoms with van der Waals surface area (Å²) in [4.78, 5) is 0. The van der Waals surface area contributed by atoms with Crippen molar-refractivity contribution in [2.75, 3.05) is 0 Å². The summed E-state index contributed by atoms with van der Waals surface area (Å²) in [6.07, 6.45) is 7.20. The largest absolute Gasteiger partial charge is 0.311 e. The molecule has 2 rings (SSSR count). The van der Waals surface area contributed by atoms with Gasteiger partial charge in [-0.1, -0.05) is 20.3 Å². The van der Waals surface area contributed by atoms with Crippen molar-refractivity contribution in [2.24, 2.45) is 11.8 Å². The molecule has 1 heteroatoms. The molecule has 0 saturated carbocycles. The fraction of sp³-hybridized carbons (Fsp3) is 1.00. The third-order valence-corrected chi connectivity index (χ3v) is 3.69. The first kappa shape index (κ1) is 8.55. The molecular formula is C11H21N. The number of hydrogen-bond acceptors (Lipinski definition) is 1. The Bertz CT molecular complexity index is 141. The fourth-order valence-corrected chi connectivity index (χ4v) is 2.85. The zero-order chi connectivity index (χ0) is 8.55. The highest BCUT2D eigenvalue weighted by atomic mass is 15.0. The molecule has 0 amide bonds. The first-order chi connectivity index (χ1) is 5.75. The van der Waals surface area contributed by atoms with E-state index in [0.717, 1.165) is 23.9 Å². The Balaban J connectivity index is 1.96. The Morgan fingerprint density at radius 3 is 2.17 bits per heavy atom. The van der Waals surface area contributed by atoms with Crippen molar-refractivity contribution in [3.63, 3.8) is 0 Å². The molecule has 0 aliphatic carbocycles. The van der Waals surface area contributed by atoms with Crippen molar-refractivity contribution in [2.45, 2.75) is 58.0 Å². The Morgan fingerprint density at radius 2 is 1.67 bits per heavy atom. The molecule has 2 heterocycles. The van der Waals surface area contributed by atoms with Crippen LogP contribution in [0.15, 0.2) is 0 Å². The van der Waals surface area contributed by atoms with E-state index >= 15 is 0 Å². The van der Waals surface area contributed by atoms with E-state index in [4.69, 9.17) is 0 Å². The van der Waals surface area contributed by atoms with Gasteiger partial charge in [-0.05, 0) is 37.5 Å². The molecule has 0 spiro atoms. The van der Waals surface area contributed by atoms with Gasteiger partial charge in [0.2, 0.25) is 0 Å². The first-order valence-electron chi connectivity index (χ1n) is 5.51. The predicted molar refractivity (Wildman–Crippen MR) is 52.1 cm³/mol. The van der Waals surface area contributed by atoms with Crippen molar-refractivity contribution < 1.29 is 0 Å². The van der Waals surface area contributed by atoms with Crippen LogP contribution in [0.4, 0.5) is 0 Å². The van der Waals surface area contributed by atoms with E-state index in [0.29, 0.717) is 0 Å². The minimum absolute atomic E-state index is 0.866. The maximum atomic E-state index is 3.74. The lowest BCUT2D eigenvalue weighted by Crippen LogP contribution is -2.49. The van der Waals surface area contributed by atoms with Gasteiger partial charge in [0.05, 0.1) is 0 Å². The molecule has 2 saturated heterocycles. The van der Waals surface area contributed by atoms with E-state index in [-0.39, 0.29) is 0 Å². The second-order valence-corrected chi connectivity index (χ2v) is 4.97. The molecule has 2 bridgehead atoms. The Kier molecular flexibility index (Phi) is 2.40. The van der Waals surface area contributed by atoms with Gasteiger partial charge >= 0.3 is 0 Å². The zero-order valence-corrected chi connectivity index (χ0v) is 8.34. The second-order valence-electron chi connectivity index (χ2n) is 4.97. The summed E-state index contributed by atoms with van der Waals surface area (Å²) >= 11 is 0. The molecule has 2 unspecified atom stereocenters. The van der Waals surface area contributed by atoms with Gasteiger partial charge in [-0.3, -0.25) is 0 Å². The van der Waals surface area contributed by atoms with E-state index < -0.39 is 0 Å². The number of piperidine rings is 2. The lowest BCUT2D eigenvalue weighted by atomic mass is 9.76. The van der Waals surface area contributed by atoms with E-state index in [1.165, 1.54) is 32.1 Å². The Hall–Kier alpha value is -0.0400. The molecule has 12 heavy (non-hydrogen) atoms. The van der Waals surface area contributed by atoms with Crippen LogP contribution in [0.25, 0.3) is 0 Å². The summed E-state index contributed by atoms with van der Waals surface area (Å²) in [5.74, 6) is 1.90. The maximum Gasteiger partial charge on any atom is 0.00724 e. The summed E-state index contributed by atoms with van der Waals surface area (Å²) in [5.41, 5.74) is 0. The van der Waals surface area contributed by atoms with E-state index in [9.17, 15) is 0 Å². The van der Waals surface area contributed by atoms with Crippen LogP contribution in [0.3, 0.4) is 0 Å². The van der Waals surface area contributed by atoms with Gasteiger partial charge in [-0.15, -0.1) is 0 Å². The van der Waals surface area contributed by atoms with Gasteiger partial charge in [0.15, 0.2) is 0 Å². The van der Waals surface area contributed by atoms with Crippen LogP contribution in [0.5, 0.6) is 0 Å². The molecule has 2 aliphatic heterocycles. The molecule has 1 nitrogen and oxygen atoms in total. The fourth-order valence-electron chi connectivity index (χ4n) is 2.85. The van der Waals surface area contributed by atoms with Crippen molar-refractivity contribution >= 4 is 0 Å². The lowest BCUT2D eigenvalue weighted by Gasteiger charge is -2.41. The monoisotopic (exact) mass is 167 g/mol. The van der Waals surface area contributed by atoms with Crippen LogP contribution < -0.4 is 5.32 Å². The zero-order valence-electron chi connectivity index (χ0n) is 8.34. The number of fused-ring (bicyclic) bond motifs is 2. The first-order valence-corrected chi connectivity index (χ1v) is 5.51. The number of rotatable bonds is 1. The summed E-state index contributed by atoms with van der Waals surface area (Å²) in [5, 5.41) is 3.74. The standard InChI is InChI=1S/C11H21N/c1-8(2)9-6-10-4-3-5-11(7-9)12-10/h8-12H,3-7H2,1-2H3/t9?,10-,11?/m1/s1. The minimum atomic E-state index is 0.866. The summed E-state index contributed by atoms with van der Waals surface area (Å²) < 4.78 is 0. The second kappa shape index (κ2) is 3.37. The average Bonchev–Trinajstić information content (AvgIpc) is 2.03. The van der Waals surface area contributed by atoms with Gasteiger partial charge in [0.1, 0.15) is 0 Å². The summed E-state index contributed by atoms with van der Waals surface area (Å²) in [6.45, 7) is 4.76. The maximum absolute atomic E-state index is 3.74. The van der Waals surface area contributed by atoms with E-state index in [1.807, 2.05) is 0 Å². The third-order valence-electron chi connectivity index (χ3n) is 3.69. The third kappa shape index (κ3) is 1.66. The molecule has 3 atom stereocenters. The molecular weight excluding hydrogens is 146 g/mol. The van der Waals surface area contributed by atoms with Crippen molar-refractivity contribution in [3.8, 4) is 0 Å². The van der Waals surface area contributed by atoms with Crippen LogP contribution >= 0.6 is 0 Å². The van der Waals surface area contributed by atoms with Gasteiger partial charge in [-0.2, -0.15) is 0 Å². The molecule has 1 N–H and O–H groups in total. The highest BCUT2D eigenvalue weighted by Gasteiger charge is 2.31. The van der Waals surface area contributed by atoms with Crippen LogP contribution in [0.2, 0.25) is 0 Å². The summed E-state index contributed by atoms with van der Waals surface area (Å²) in [7, 11) is 0. The smallest absolute Gasteiger partial charge is 0.00724 e. The molecule has 0 radical (unpaired) electrons. The average molecular weight is 167 g/mol. The number of hydrogen-bond donors (Lipinski definition) is 1. The molecule has 0 aromatic heterocycles. The minimum Gasteiger partial charge on any atom is -0.311 e. The quantitative estimate of drug-likeness (QED) is 0.633. The van der Waals surface area contributed by atoms with Gasteiger partial charge in [0.25, 0.3) is 0 Å². The van der Waals surface area contributed by atoms with E-state index in [2.05, 4.69) is 19.2 Å². The lowest BCUT2D eigenvalue weighted by molar-refractivity contribution is 0.154. The normalized spacial score (nSPS) is 41.8. The predicted octanol–water partition coefficient (Wildman–Crippen LogP) is 2.56. The number of nitrogens with one attached hydrogen (secondary N) is 1. The molecule has 2 aliphatic rings. The van der Waals surface area contributed by atoms with Gasteiger partial charge in [0, 0.05) is 12.1 Å². The van der Waals surface area contributed by atoms with Crippen LogP contribution in [0, 0.1) is 11.8 Å². The van der Waals surface area contributed by atoms with Crippen molar-refractivity contribution in [1.82, 2.24) is 5.32 Å².